The molecule has 0 saturated heterocycles. The number of rotatable bonds is 5. The number of hydrogen-bond acceptors (Lipinski definition) is 4. The van der Waals surface area contributed by atoms with Crippen molar-refractivity contribution < 1.29 is 0 Å². The fraction of sp³-hybridized carbons (Fsp3) is 0. The first kappa shape index (κ1) is 28.1. The van der Waals surface area contributed by atoms with Crippen molar-refractivity contribution in [3.05, 3.63) is 170 Å². The van der Waals surface area contributed by atoms with Gasteiger partial charge in [-0.05, 0) is 42.0 Å². The van der Waals surface area contributed by atoms with E-state index in [0.717, 1.165) is 66.3 Å². The number of fused-ring (bicyclic) bond motifs is 6. The zero-order chi connectivity index (χ0) is 33.0. The van der Waals surface area contributed by atoms with Gasteiger partial charge in [0.05, 0.1) is 16.6 Å². The maximum atomic E-state index is 5.11. The Kier molecular flexibility index (Phi) is 6.39. The second-order valence-electron chi connectivity index (χ2n) is 12.4. The van der Waals surface area contributed by atoms with E-state index in [1.807, 2.05) is 72.9 Å². The van der Waals surface area contributed by atoms with Gasteiger partial charge in [-0.2, -0.15) is 9.97 Å². The van der Waals surface area contributed by atoms with E-state index >= 15 is 0 Å². The topological polar surface area (TPSA) is 61.4 Å². The summed E-state index contributed by atoms with van der Waals surface area (Å²) in [6, 6.07) is 56.5. The van der Waals surface area contributed by atoms with E-state index in [-0.39, 0.29) is 0 Å². The summed E-state index contributed by atoms with van der Waals surface area (Å²) in [7, 11) is 0. The highest BCUT2D eigenvalue weighted by Gasteiger charge is 2.19. The molecule has 0 atom stereocenters. The molecule has 0 amide bonds. The van der Waals surface area contributed by atoms with Crippen LogP contribution in [0.2, 0.25) is 0 Å². The molecule has 6 aromatic carbocycles. The minimum Gasteiger partial charge on any atom is -0.294 e. The summed E-state index contributed by atoms with van der Waals surface area (Å²) in [5.74, 6) is 1.82. The lowest BCUT2D eigenvalue weighted by molar-refractivity contribution is 0.953. The molecule has 4 aromatic heterocycles. The summed E-state index contributed by atoms with van der Waals surface area (Å²) in [5, 5.41) is 4.54. The van der Waals surface area contributed by atoms with Crippen LogP contribution in [0.25, 0.3) is 89.3 Å². The van der Waals surface area contributed by atoms with Crippen LogP contribution in [0, 0.1) is 0 Å². The molecule has 0 bridgehead atoms. The quantitative estimate of drug-likeness (QED) is 0.188. The second kappa shape index (κ2) is 11.4. The second-order valence-corrected chi connectivity index (χ2v) is 12.4. The Labute approximate surface area is 287 Å². The lowest BCUT2D eigenvalue weighted by Crippen LogP contribution is -2.06. The van der Waals surface area contributed by atoms with Crippen molar-refractivity contribution in [2.75, 3.05) is 0 Å². The maximum absolute atomic E-state index is 5.11. The minimum absolute atomic E-state index is 0.570. The fourth-order valence-corrected chi connectivity index (χ4v) is 7.10. The average Bonchev–Trinajstić information content (AvgIpc) is 3.71. The number of para-hydroxylation sites is 3. The number of aromatic nitrogens is 6. The van der Waals surface area contributed by atoms with E-state index < -0.39 is 0 Å². The van der Waals surface area contributed by atoms with Crippen LogP contribution in [0.15, 0.2) is 170 Å². The summed E-state index contributed by atoms with van der Waals surface area (Å²) in [5.41, 5.74) is 9.17. The highest BCUT2D eigenvalue weighted by Crippen LogP contribution is 2.37. The first-order chi connectivity index (χ1) is 24.8. The summed E-state index contributed by atoms with van der Waals surface area (Å²) >= 11 is 0. The molecule has 0 fully saturated rings. The van der Waals surface area contributed by atoms with Crippen LogP contribution in [0.3, 0.4) is 0 Å². The zero-order valence-corrected chi connectivity index (χ0v) is 26.8. The lowest BCUT2D eigenvalue weighted by atomic mass is 10.0. The molecule has 234 valence electrons. The largest absolute Gasteiger partial charge is 0.294 e. The Morgan fingerprint density at radius 3 is 1.56 bits per heavy atom. The van der Waals surface area contributed by atoms with Gasteiger partial charge in [-0.3, -0.25) is 9.13 Å². The van der Waals surface area contributed by atoms with Gasteiger partial charge in [-0.15, -0.1) is 0 Å². The third kappa shape index (κ3) is 4.50. The van der Waals surface area contributed by atoms with Crippen molar-refractivity contribution in [2.24, 2.45) is 0 Å². The van der Waals surface area contributed by atoms with E-state index in [2.05, 4.69) is 106 Å². The molecule has 0 saturated carbocycles. The van der Waals surface area contributed by atoms with Crippen LogP contribution in [-0.4, -0.2) is 29.1 Å². The van der Waals surface area contributed by atoms with Gasteiger partial charge in [-0.1, -0.05) is 127 Å². The van der Waals surface area contributed by atoms with E-state index in [1.165, 1.54) is 5.39 Å². The molecule has 0 aliphatic heterocycles. The van der Waals surface area contributed by atoms with E-state index in [1.54, 1.807) is 0 Å². The van der Waals surface area contributed by atoms with Gasteiger partial charge in [0, 0.05) is 50.1 Å². The molecule has 0 aliphatic carbocycles. The van der Waals surface area contributed by atoms with Gasteiger partial charge < -0.3 is 0 Å². The Balaban J connectivity index is 1.20. The molecule has 10 aromatic rings. The number of benzene rings is 6. The summed E-state index contributed by atoms with van der Waals surface area (Å²) in [4.78, 5) is 20.2. The van der Waals surface area contributed by atoms with Gasteiger partial charge in [0.25, 0.3) is 0 Å². The van der Waals surface area contributed by atoms with E-state index in [0.29, 0.717) is 17.6 Å². The minimum atomic E-state index is 0.570. The van der Waals surface area contributed by atoms with Crippen LogP contribution in [0.1, 0.15) is 0 Å². The van der Waals surface area contributed by atoms with Crippen LogP contribution >= 0.6 is 0 Å². The highest BCUT2D eigenvalue weighted by molar-refractivity contribution is 6.11. The lowest BCUT2D eigenvalue weighted by Gasteiger charge is -2.11. The third-order valence-corrected chi connectivity index (χ3v) is 9.42. The average molecular weight is 641 g/mol. The van der Waals surface area contributed by atoms with Crippen molar-refractivity contribution in [3.63, 3.8) is 0 Å². The van der Waals surface area contributed by atoms with Crippen molar-refractivity contribution in [1.29, 1.82) is 0 Å². The molecular formula is C44H28N6. The SMILES string of the molecule is c1ccc(-c2nc(-c3ccccc3)nc(-n3c4ccccc4c4ccc(-c5cnc6c(c5)c5ccccc5n6-c5ccccc5)cc43)n2)cc1. The predicted molar refractivity (Wildman–Crippen MR) is 203 cm³/mol. The summed E-state index contributed by atoms with van der Waals surface area (Å²) < 4.78 is 4.41. The van der Waals surface area contributed by atoms with Crippen LogP contribution in [0.5, 0.6) is 0 Å². The molecule has 6 nitrogen and oxygen atoms in total. The smallest absolute Gasteiger partial charge is 0.238 e. The molecule has 0 unspecified atom stereocenters. The molecule has 50 heavy (non-hydrogen) atoms. The van der Waals surface area contributed by atoms with Crippen LogP contribution < -0.4 is 0 Å². The predicted octanol–water partition coefficient (Wildman–Crippen LogP) is 10.5. The van der Waals surface area contributed by atoms with E-state index in [4.69, 9.17) is 19.9 Å². The normalized spacial score (nSPS) is 11.6. The summed E-state index contributed by atoms with van der Waals surface area (Å²) in [6.07, 6.45) is 1.98. The fourth-order valence-electron chi connectivity index (χ4n) is 7.10. The Bertz CT molecular complexity index is 2800. The third-order valence-electron chi connectivity index (χ3n) is 9.42. The standard InChI is InChI=1S/C44H28N6/c1-4-14-29(15-5-1)41-46-42(30-16-6-2-7-17-30)48-44(47-41)50-39-23-13-10-20-34(39)36-25-24-31(27-40(36)50)32-26-37-35-21-11-12-22-38(35)49(43(37)45-28-32)33-18-8-3-9-19-33/h1-28H. The van der Waals surface area contributed by atoms with Gasteiger partial charge in [0.2, 0.25) is 5.95 Å². The maximum Gasteiger partial charge on any atom is 0.238 e. The molecule has 0 aliphatic rings. The molecule has 10 rings (SSSR count). The van der Waals surface area contributed by atoms with Crippen molar-refractivity contribution in [2.45, 2.75) is 0 Å². The Morgan fingerprint density at radius 1 is 0.360 bits per heavy atom. The van der Waals surface area contributed by atoms with Crippen molar-refractivity contribution >= 4 is 43.7 Å². The molecule has 0 radical (unpaired) electrons. The molecule has 4 heterocycles. The molecule has 6 heteroatoms. The van der Waals surface area contributed by atoms with Crippen LogP contribution in [0.4, 0.5) is 0 Å². The number of hydrogen-bond donors (Lipinski definition) is 0. The highest BCUT2D eigenvalue weighted by atomic mass is 15.2. The van der Waals surface area contributed by atoms with Gasteiger partial charge in [-0.25, -0.2) is 9.97 Å². The van der Waals surface area contributed by atoms with Gasteiger partial charge in [0.1, 0.15) is 5.65 Å². The molecule has 0 spiro atoms. The van der Waals surface area contributed by atoms with Crippen molar-refractivity contribution in [3.8, 4) is 45.5 Å². The van der Waals surface area contributed by atoms with E-state index in [9.17, 15) is 0 Å². The number of nitrogens with zero attached hydrogens (tertiary/aromatic N) is 6. The zero-order valence-electron chi connectivity index (χ0n) is 26.8. The first-order valence-electron chi connectivity index (χ1n) is 16.7. The van der Waals surface area contributed by atoms with Gasteiger partial charge >= 0.3 is 0 Å². The first-order valence-corrected chi connectivity index (χ1v) is 16.7. The monoisotopic (exact) mass is 640 g/mol. The van der Waals surface area contributed by atoms with Crippen LogP contribution in [-0.2, 0) is 0 Å². The molecule has 0 N–H and O–H groups in total. The van der Waals surface area contributed by atoms with Gasteiger partial charge in [0.15, 0.2) is 11.6 Å². The molecular weight excluding hydrogens is 613 g/mol. The number of pyridine rings is 1. The van der Waals surface area contributed by atoms with Crippen molar-refractivity contribution in [1.82, 2.24) is 29.1 Å². The summed E-state index contributed by atoms with van der Waals surface area (Å²) in [6.45, 7) is 0. The Hall–Kier alpha value is -6.92. The Morgan fingerprint density at radius 2 is 0.900 bits per heavy atom.